The third-order valence-corrected chi connectivity index (χ3v) is 2.78. The maximum absolute atomic E-state index is 13.7. The van der Waals surface area contributed by atoms with E-state index in [0.29, 0.717) is 6.07 Å². The van der Waals surface area contributed by atoms with E-state index in [1.807, 2.05) is 0 Å². The van der Waals surface area contributed by atoms with E-state index in [4.69, 9.17) is 12.2 Å². The first-order valence-electron chi connectivity index (χ1n) is 4.79. The van der Waals surface area contributed by atoms with Gasteiger partial charge < -0.3 is 4.57 Å². The topological polar surface area (TPSA) is 33.6 Å². The van der Waals surface area contributed by atoms with Crippen molar-refractivity contribution < 1.29 is 17.6 Å². The average Bonchev–Trinajstić information content (AvgIpc) is 2.59. The summed E-state index contributed by atoms with van der Waals surface area (Å²) >= 11 is 4.84. The van der Waals surface area contributed by atoms with Crippen molar-refractivity contribution in [2.24, 2.45) is 7.05 Å². The maximum Gasteiger partial charge on any atom is 0.416 e. The first kappa shape index (κ1) is 12.7. The summed E-state index contributed by atoms with van der Waals surface area (Å²) < 4.78 is 52.4. The zero-order valence-corrected chi connectivity index (χ0v) is 9.86. The van der Waals surface area contributed by atoms with Crippen LogP contribution in [0.2, 0.25) is 0 Å². The molecule has 0 aliphatic heterocycles. The van der Waals surface area contributed by atoms with E-state index in [0.717, 1.165) is 12.1 Å². The number of hydrogen-bond donors (Lipinski definition) is 1. The van der Waals surface area contributed by atoms with Crippen LogP contribution in [0.4, 0.5) is 17.6 Å². The fourth-order valence-corrected chi connectivity index (χ4v) is 1.59. The average molecular weight is 277 g/mol. The minimum Gasteiger partial charge on any atom is -0.303 e. The van der Waals surface area contributed by atoms with Gasteiger partial charge in [-0.3, -0.25) is 5.10 Å². The Labute approximate surface area is 104 Å². The molecule has 2 rings (SSSR count). The summed E-state index contributed by atoms with van der Waals surface area (Å²) in [5, 5.41) is 6.20. The van der Waals surface area contributed by atoms with Crippen molar-refractivity contribution in [2.75, 3.05) is 0 Å². The minimum absolute atomic E-state index is 0.0437. The molecule has 0 spiro atoms. The summed E-state index contributed by atoms with van der Waals surface area (Å²) in [5.74, 6) is -0.854. The lowest BCUT2D eigenvalue weighted by molar-refractivity contribution is -0.137. The lowest BCUT2D eigenvalue weighted by Crippen LogP contribution is -2.06. The van der Waals surface area contributed by atoms with Gasteiger partial charge in [0, 0.05) is 7.05 Å². The van der Waals surface area contributed by atoms with Crippen molar-refractivity contribution >= 4 is 12.2 Å². The minimum atomic E-state index is -4.57. The molecule has 0 bridgehead atoms. The van der Waals surface area contributed by atoms with Gasteiger partial charge in [0.05, 0.1) is 11.1 Å². The van der Waals surface area contributed by atoms with E-state index < -0.39 is 17.6 Å². The highest BCUT2D eigenvalue weighted by Gasteiger charge is 2.31. The Morgan fingerprint density at radius 1 is 1.33 bits per heavy atom. The van der Waals surface area contributed by atoms with Gasteiger partial charge in [-0.05, 0) is 30.4 Å². The van der Waals surface area contributed by atoms with Gasteiger partial charge in [0.25, 0.3) is 0 Å². The van der Waals surface area contributed by atoms with Crippen LogP contribution in [0.25, 0.3) is 11.4 Å². The van der Waals surface area contributed by atoms with Crippen molar-refractivity contribution in [3.63, 3.8) is 0 Å². The Kier molecular flexibility index (Phi) is 2.97. The molecule has 1 N–H and O–H groups in total. The van der Waals surface area contributed by atoms with Crippen molar-refractivity contribution in [2.45, 2.75) is 6.18 Å². The molecule has 0 amide bonds. The zero-order valence-electron chi connectivity index (χ0n) is 9.05. The van der Waals surface area contributed by atoms with Gasteiger partial charge in [0.15, 0.2) is 10.6 Å². The molecule has 0 fully saturated rings. The van der Waals surface area contributed by atoms with E-state index in [2.05, 4.69) is 10.2 Å². The Balaban J connectivity index is 2.55. The predicted molar refractivity (Wildman–Crippen MR) is 58.8 cm³/mol. The number of aromatic nitrogens is 3. The third kappa shape index (κ3) is 2.15. The van der Waals surface area contributed by atoms with E-state index in [1.165, 1.54) is 11.6 Å². The Morgan fingerprint density at radius 2 is 2.00 bits per heavy atom. The predicted octanol–water partition coefficient (Wildman–Crippen LogP) is 3.30. The van der Waals surface area contributed by atoms with Crippen molar-refractivity contribution in [3.05, 3.63) is 34.4 Å². The van der Waals surface area contributed by atoms with Gasteiger partial charge >= 0.3 is 6.18 Å². The second-order valence-corrected chi connectivity index (χ2v) is 3.99. The molecule has 3 nitrogen and oxygen atoms in total. The number of aromatic amines is 1. The highest BCUT2D eigenvalue weighted by molar-refractivity contribution is 7.71. The lowest BCUT2D eigenvalue weighted by atomic mass is 10.1. The summed E-state index contributed by atoms with van der Waals surface area (Å²) in [6.45, 7) is 0. The molecule has 0 atom stereocenters. The molecule has 0 radical (unpaired) electrons. The Morgan fingerprint density at radius 3 is 2.44 bits per heavy atom. The van der Waals surface area contributed by atoms with Gasteiger partial charge in [-0.1, -0.05) is 0 Å². The highest BCUT2D eigenvalue weighted by atomic mass is 32.1. The molecule has 1 aromatic heterocycles. The molecule has 18 heavy (non-hydrogen) atoms. The van der Waals surface area contributed by atoms with Crippen LogP contribution in [0.3, 0.4) is 0 Å². The number of rotatable bonds is 1. The number of nitrogens with one attached hydrogen (secondary N) is 1. The van der Waals surface area contributed by atoms with Crippen LogP contribution in [0.5, 0.6) is 0 Å². The van der Waals surface area contributed by atoms with Crippen LogP contribution < -0.4 is 0 Å². The van der Waals surface area contributed by atoms with Crippen LogP contribution in [0, 0.1) is 10.6 Å². The van der Waals surface area contributed by atoms with Gasteiger partial charge in [-0.25, -0.2) is 4.39 Å². The fourth-order valence-electron chi connectivity index (χ4n) is 1.46. The van der Waals surface area contributed by atoms with Gasteiger partial charge in [-0.15, -0.1) is 0 Å². The molecule has 0 saturated heterocycles. The normalized spacial score (nSPS) is 11.8. The number of alkyl halides is 3. The Bertz CT molecular complexity index is 641. The van der Waals surface area contributed by atoms with E-state index in [-0.39, 0.29) is 16.2 Å². The smallest absolute Gasteiger partial charge is 0.303 e. The first-order valence-corrected chi connectivity index (χ1v) is 5.20. The molecular weight excluding hydrogens is 270 g/mol. The molecule has 0 aliphatic carbocycles. The van der Waals surface area contributed by atoms with Gasteiger partial charge in [0.2, 0.25) is 0 Å². The molecule has 0 unspecified atom stereocenters. The summed E-state index contributed by atoms with van der Waals surface area (Å²) in [6.07, 6.45) is -4.57. The van der Waals surface area contributed by atoms with Crippen LogP contribution in [-0.2, 0) is 13.2 Å². The number of hydrogen-bond acceptors (Lipinski definition) is 2. The van der Waals surface area contributed by atoms with Gasteiger partial charge in [0.1, 0.15) is 5.82 Å². The summed E-state index contributed by atoms with van der Waals surface area (Å²) in [4.78, 5) is 0. The molecular formula is C10H7F4N3S. The summed E-state index contributed by atoms with van der Waals surface area (Å²) in [6, 6.07) is 2.27. The zero-order chi connectivity index (χ0) is 13.5. The second-order valence-electron chi connectivity index (χ2n) is 3.60. The largest absolute Gasteiger partial charge is 0.416 e. The lowest BCUT2D eigenvalue weighted by Gasteiger charge is -2.08. The number of H-pyrrole nitrogens is 1. The highest BCUT2D eigenvalue weighted by Crippen LogP contribution is 2.32. The summed E-state index contributed by atoms with van der Waals surface area (Å²) in [7, 11) is 1.54. The van der Waals surface area contributed by atoms with Crippen molar-refractivity contribution in [1.82, 2.24) is 14.8 Å². The molecule has 1 heterocycles. The fraction of sp³-hybridized carbons (Fsp3) is 0.200. The molecule has 1 aromatic carbocycles. The first-order chi connectivity index (χ1) is 8.30. The maximum atomic E-state index is 13.7. The monoisotopic (exact) mass is 277 g/mol. The standard InChI is InChI=1S/C10H7F4N3S/c1-17-8(15-16-9(17)18)6-3-2-5(4-7(6)11)10(12,13)14/h2-4H,1H3,(H,16,18). The molecule has 0 aliphatic rings. The number of benzene rings is 1. The van der Waals surface area contributed by atoms with Crippen molar-refractivity contribution in [1.29, 1.82) is 0 Å². The number of halogens is 4. The van der Waals surface area contributed by atoms with E-state index in [1.54, 1.807) is 0 Å². The SMILES string of the molecule is Cn1c(-c2ccc(C(F)(F)F)cc2F)n[nH]c1=S. The van der Waals surface area contributed by atoms with E-state index >= 15 is 0 Å². The van der Waals surface area contributed by atoms with Gasteiger partial charge in [-0.2, -0.15) is 18.3 Å². The van der Waals surface area contributed by atoms with Crippen molar-refractivity contribution in [3.8, 4) is 11.4 Å². The second kappa shape index (κ2) is 4.20. The quantitative estimate of drug-likeness (QED) is 0.641. The molecule has 96 valence electrons. The van der Waals surface area contributed by atoms with Crippen LogP contribution in [0.15, 0.2) is 18.2 Å². The molecule has 8 heteroatoms. The third-order valence-electron chi connectivity index (χ3n) is 2.42. The van der Waals surface area contributed by atoms with Crippen LogP contribution >= 0.6 is 12.2 Å². The molecule has 0 saturated carbocycles. The summed E-state index contributed by atoms with van der Waals surface area (Å²) in [5.41, 5.74) is -1.08. The van der Waals surface area contributed by atoms with Crippen LogP contribution in [0.1, 0.15) is 5.56 Å². The molecule has 2 aromatic rings. The number of nitrogens with zero attached hydrogens (tertiary/aromatic N) is 2. The van der Waals surface area contributed by atoms with Crippen LogP contribution in [-0.4, -0.2) is 14.8 Å². The Hall–Kier alpha value is -1.70. The van der Waals surface area contributed by atoms with E-state index in [9.17, 15) is 17.6 Å².